The van der Waals surface area contributed by atoms with E-state index in [1.54, 1.807) is 48.5 Å². The molecule has 0 aliphatic rings. The normalized spacial score (nSPS) is 11.7. The Balaban J connectivity index is 1.51. The lowest BCUT2D eigenvalue weighted by atomic mass is 10.1. The number of para-hydroxylation sites is 1. The lowest BCUT2D eigenvalue weighted by Crippen LogP contribution is -2.20. The maximum absolute atomic E-state index is 13.5. The molecule has 12 heteroatoms. The molecule has 1 aromatic heterocycles. The van der Waals surface area contributed by atoms with Crippen LogP contribution in [0.5, 0.6) is 11.5 Å². The SMILES string of the molecule is COc1cc(C=Nn2c(-c3cccc(C(F)(F)F)c3)nc3ccccc3c2=O)cc(Br)c1OCc1ccc(C(=O)O)cc1. The number of carboxylic acid groups (broad SMARTS) is 1. The molecule has 4 aromatic carbocycles. The van der Waals surface area contributed by atoms with E-state index in [0.29, 0.717) is 27.1 Å². The van der Waals surface area contributed by atoms with E-state index in [1.807, 2.05) is 0 Å². The first-order valence-corrected chi connectivity index (χ1v) is 13.4. The molecule has 0 saturated heterocycles. The van der Waals surface area contributed by atoms with Crippen molar-refractivity contribution in [2.75, 3.05) is 7.11 Å². The van der Waals surface area contributed by atoms with E-state index in [-0.39, 0.29) is 28.9 Å². The highest BCUT2D eigenvalue weighted by Gasteiger charge is 2.31. The Bertz CT molecular complexity index is 1920. The summed E-state index contributed by atoms with van der Waals surface area (Å²) in [4.78, 5) is 29.0. The second-order valence-electron chi connectivity index (χ2n) is 9.22. The van der Waals surface area contributed by atoms with Gasteiger partial charge in [-0.15, -0.1) is 0 Å². The van der Waals surface area contributed by atoms with E-state index >= 15 is 0 Å². The van der Waals surface area contributed by atoms with Crippen molar-refractivity contribution in [3.63, 3.8) is 0 Å². The molecule has 0 amide bonds. The van der Waals surface area contributed by atoms with Crippen molar-refractivity contribution in [2.24, 2.45) is 5.10 Å². The highest BCUT2D eigenvalue weighted by molar-refractivity contribution is 9.10. The van der Waals surface area contributed by atoms with Crippen LogP contribution in [0.25, 0.3) is 22.3 Å². The van der Waals surface area contributed by atoms with Crippen molar-refractivity contribution in [3.05, 3.63) is 122 Å². The Kier molecular flexibility index (Phi) is 8.31. The van der Waals surface area contributed by atoms with Crippen molar-refractivity contribution in [1.82, 2.24) is 9.66 Å². The van der Waals surface area contributed by atoms with Crippen LogP contribution in [0.15, 0.2) is 99.3 Å². The number of rotatable bonds is 8. The van der Waals surface area contributed by atoms with Gasteiger partial charge in [-0.3, -0.25) is 4.79 Å². The van der Waals surface area contributed by atoms with Gasteiger partial charge in [0.25, 0.3) is 5.56 Å². The van der Waals surface area contributed by atoms with Crippen LogP contribution in [0.4, 0.5) is 13.2 Å². The molecule has 0 radical (unpaired) electrons. The number of hydrogen-bond donors (Lipinski definition) is 1. The molecule has 0 aliphatic heterocycles. The van der Waals surface area contributed by atoms with E-state index in [0.717, 1.165) is 22.4 Å². The van der Waals surface area contributed by atoms with Crippen LogP contribution in [-0.2, 0) is 12.8 Å². The van der Waals surface area contributed by atoms with Crippen molar-refractivity contribution in [2.45, 2.75) is 12.8 Å². The van der Waals surface area contributed by atoms with E-state index in [4.69, 9.17) is 14.6 Å². The first-order valence-electron chi connectivity index (χ1n) is 12.6. The number of carboxylic acids is 1. The molecule has 5 rings (SSSR count). The number of carbonyl (C=O) groups is 1. The van der Waals surface area contributed by atoms with E-state index in [9.17, 15) is 22.8 Å². The van der Waals surface area contributed by atoms with E-state index in [2.05, 4.69) is 26.0 Å². The number of hydrogen-bond acceptors (Lipinski definition) is 6. The number of aromatic carboxylic acids is 1. The summed E-state index contributed by atoms with van der Waals surface area (Å²) < 4.78 is 53.3. The molecule has 5 aromatic rings. The first-order chi connectivity index (χ1) is 20.5. The molecular weight excluding hydrogens is 631 g/mol. The summed E-state index contributed by atoms with van der Waals surface area (Å²) in [5.74, 6) is -0.389. The predicted molar refractivity (Wildman–Crippen MR) is 158 cm³/mol. The average Bonchev–Trinajstić information content (AvgIpc) is 2.99. The maximum atomic E-state index is 13.5. The van der Waals surface area contributed by atoms with Gasteiger partial charge in [0.05, 0.1) is 39.8 Å². The van der Waals surface area contributed by atoms with Gasteiger partial charge in [0.1, 0.15) is 6.61 Å². The standard InChI is InChI=1S/C31H21BrF3N3O5/c1-42-26-14-19(13-24(32)27(26)43-17-18-9-11-20(12-10-18)30(40)41)16-36-38-28(21-5-4-6-22(15-21)31(33,34)35)37-25-8-3-2-7-23(25)29(38)39/h2-16H,17H2,1H3,(H,40,41). The smallest absolute Gasteiger partial charge is 0.416 e. The van der Waals surface area contributed by atoms with E-state index in [1.165, 1.54) is 37.6 Å². The summed E-state index contributed by atoms with van der Waals surface area (Å²) in [5.41, 5.74) is 0.303. The first kappa shape index (κ1) is 29.5. The number of methoxy groups -OCH3 is 1. The lowest BCUT2D eigenvalue weighted by molar-refractivity contribution is -0.137. The molecule has 1 heterocycles. The van der Waals surface area contributed by atoms with Gasteiger partial charge in [-0.2, -0.15) is 22.9 Å². The topological polar surface area (TPSA) is 103 Å². The molecule has 0 saturated carbocycles. The number of fused-ring (bicyclic) bond motifs is 1. The van der Waals surface area contributed by atoms with Crippen molar-refractivity contribution in [1.29, 1.82) is 0 Å². The van der Waals surface area contributed by atoms with E-state index < -0.39 is 23.3 Å². The Hall–Kier alpha value is -4.97. The van der Waals surface area contributed by atoms with Crippen LogP contribution < -0.4 is 15.0 Å². The minimum Gasteiger partial charge on any atom is -0.493 e. The summed E-state index contributed by atoms with van der Waals surface area (Å²) in [6.45, 7) is 0.126. The minimum absolute atomic E-state index is 0.0636. The Morgan fingerprint density at radius 3 is 2.49 bits per heavy atom. The van der Waals surface area contributed by atoms with Crippen LogP contribution in [0.3, 0.4) is 0 Å². The zero-order valence-corrected chi connectivity index (χ0v) is 23.9. The summed E-state index contributed by atoms with van der Waals surface area (Å²) >= 11 is 3.46. The number of halogens is 4. The quantitative estimate of drug-likeness (QED) is 0.181. The van der Waals surface area contributed by atoms with Crippen molar-refractivity contribution >= 4 is 39.0 Å². The predicted octanol–water partition coefficient (Wildman–Crippen LogP) is 7.01. The van der Waals surface area contributed by atoms with Crippen LogP contribution in [0.1, 0.15) is 27.0 Å². The summed E-state index contributed by atoms with van der Waals surface area (Å²) in [6.07, 6.45) is -3.23. The third kappa shape index (κ3) is 6.44. The number of alkyl halides is 3. The fraction of sp³-hybridized carbons (Fsp3) is 0.0968. The minimum atomic E-state index is -4.59. The maximum Gasteiger partial charge on any atom is 0.416 e. The molecule has 0 spiro atoms. The third-order valence-corrected chi connectivity index (χ3v) is 6.95. The van der Waals surface area contributed by atoms with Gasteiger partial charge in [-0.05, 0) is 75.6 Å². The number of ether oxygens (including phenoxy) is 2. The third-order valence-electron chi connectivity index (χ3n) is 6.36. The number of nitrogens with zero attached hydrogens (tertiary/aromatic N) is 3. The van der Waals surface area contributed by atoms with Crippen LogP contribution >= 0.6 is 15.9 Å². The lowest BCUT2D eigenvalue weighted by Gasteiger charge is -2.14. The van der Waals surface area contributed by atoms with Gasteiger partial charge in [0.2, 0.25) is 0 Å². The fourth-order valence-electron chi connectivity index (χ4n) is 4.23. The molecule has 0 atom stereocenters. The number of benzene rings is 4. The zero-order chi connectivity index (χ0) is 30.7. The molecule has 8 nitrogen and oxygen atoms in total. The molecule has 0 aliphatic carbocycles. The molecule has 218 valence electrons. The van der Waals surface area contributed by atoms with Gasteiger partial charge < -0.3 is 14.6 Å². The van der Waals surface area contributed by atoms with Crippen molar-refractivity contribution < 1.29 is 32.5 Å². The van der Waals surface area contributed by atoms with Crippen LogP contribution in [0.2, 0.25) is 0 Å². The second kappa shape index (κ2) is 12.1. The number of aromatic nitrogens is 2. The molecular formula is C31H21BrF3N3O5. The molecule has 0 unspecified atom stereocenters. The van der Waals surface area contributed by atoms with Crippen molar-refractivity contribution in [3.8, 4) is 22.9 Å². The van der Waals surface area contributed by atoms with Crippen LogP contribution in [-0.4, -0.2) is 34.1 Å². The van der Waals surface area contributed by atoms with Gasteiger partial charge >= 0.3 is 12.1 Å². The molecule has 0 bridgehead atoms. The largest absolute Gasteiger partial charge is 0.493 e. The Labute approximate surface area is 250 Å². The van der Waals surface area contributed by atoms with Gasteiger partial charge in [-0.25, -0.2) is 9.78 Å². The van der Waals surface area contributed by atoms with Gasteiger partial charge in [0, 0.05) is 5.56 Å². The molecule has 1 N–H and O–H groups in total. The fourth-order valence-corrected chi connectivity index (χ4v) is 4.80. The Morgan fingerprint density at radius 2 is 1.79 bits per heavy atom. The molecule has 43 heavy (non-hydrogen) atoms. The average molecular weight is 652 g/mol. The highest BCUT2D eigenvalue weighted by Crippen LogP contribution is 2.37. The van der Waals surface area contributed by atoms with Gasteiger partial charge in [0.15, 0.2) is 17.3 Å². The van der Waals surface area contributed by atoms with Crippen LogP contribution in [0, 0.1) is 0 Å². The highest BCUT2D eigenvalue weighted by atomic mass is 79.9. The molecule has 0 fully saturated rings. The van der Waals surface area contributed by atoms with Gasteiger partial charge in [-0.1, -0.05) is 36.4 Å². The monoisotopic (exact) mass is 651 g/mol. The summed E-state index contributed by atoms with van der Waals surface area (Å²) in [7, 11) is 1.45. The second-order valence-corrected chi connectivity index (χ2v) is 10.1. The summed E-state index contributed by atoms with van der Waals surface area (Å²) in [6, 6.07) is 20.5. The Morgan fingerprint density at radius 1 is 1.05 bits per heavy atom. The zero-order valence-electron chi connectivity index (χ0n) is 22.3. The summed E-state index contributed by atoms with van der Waals surface area (Å²) in [5, 5.41) is 13.6.